The van der Waals surface area contributed by atoms with Crippen molar-refractivity contribution in [1.29, 1.82) is 0 Å². The topological polar surface area (TPSA) is 70.4 Å². The lowest BCUT2D eigenvalue weighted by Gasteiger charge is -2.19. The summed E-state index contributed by atoms with van der Waals surface area (Å²) < 4.78 is 0. The molecule has 0 radical (unpaired) electrons. The fourth-order valence-electron chi connectivity index (χ4n) is 1.07. The second kappa shape index (κ2) is 4.06. The molecular formula is C9H13NO3S. The van der Waals surface area contributed by atoms with Crippen molar-refractivity contribution in [1.82, 2.24) is 4.98 Å². The number of aliphatic hydroxyl groups is 1. The van der Waals surface area contributed by atoms with Crippen molar-refractivity contribution >= 4 is 17.3 Å². The average Bonchev–Trinajstić information content (AvgIpc) is 2.51. The predicted molar refractivity (Wildman–Crippen MR) is 53.8 cm³/mol. The van der Waals surface area contributed by atoms with Crippen LogP contribution in [0.5, 0.6) is 0 Å². The molecule has 78 valence electrons. The Balaban J connectivity index is 2.90. The smallest absolute Gasteiger partial charge is 0.355 e. The van der Waals surface area contributed by atoms with E-state index in [0.29, 0.717) is 6.42 Å². The Kier molecular flexibility index (Phi) is 3.23. The molecule has 0 atom stereocenters. The van der Waals surface area contributed by atoms with E-state index >= 15 is 0 Å². The predicted octanol–water partition coefficient (Wildman–Crippen LogP) is 1.50. The molecule has 0 bridgehead atoms. The molecule has 1 heterocycles. The quantitative estimate of drug-likeness (QED) is 0.798. The van der Waals surface area contributed by atoms with Gasteiger partial charge >= 0.3 is 5.97 Å². The fourth-order valence-corrected chi connectivity index (χ4v) is 2.02. The van der Waals surface area contributed by atoms with E-state index in [1.165, 1.54) is 16.7 Å². The van der Waals surface area contributed by atoms with E-state index in [0.717, 1.165) is 5.01 Å². The van der Waals surface area contributed by atoms with Crippen LogP contribution in [-0.4, -0.2) is 27.8 Å². The number of aliphatic hydroxyl groups excluding tert-OH is 1. The van der Waals surface area contributed by atoms with Gasteiger partial charge in [-0.25, -0.2) is 9.78 Å². The lowest BCUT2D eigenvalue weighted by Crippen LogP contribution is -2.18. The van der Waals surface area contributed by atoms with Gasteiger partial charge in [-0.3, -0.25) is 0 Å². The zero-order valence-corrected chi connectivity index (χ0v) is 8.97. The first-order valence-corrected chi connectivity index (χ1v) is 5.15. The Bertz CT molecular complexity index is 333. The van der Waals surface area contributed by atoms with Gasteiger partial charge in [0.2, 0.25) is 0 Å². The molecule has 0 aliphatic rings. The van der Waals surface area contributed by atoms with E-state index in [1.54, 1.807) is 0 Å². The highest BCUT2D eigenvalue weighted by molar-refractivity contribution is 7.10. The molecular weight excluding hydrogens is 202 g/mol. The summed E-state index contributed by atoms with van der Waals surface area (Å²) in [4.78, 5) is 14.6. The van der Waals surface area contributed by atoms with Crippen LogP contribution in [0, 0.1) is 0 Å². The van der Waals surface area contributed by atoms with Crippen LogP contribution in [0.25, 0.3) is 0 Å². The molecule has 0 saturated heterocycles. The van der Waals surface area contributed by atoms with E-state index in [-0.39, 0.29) is 17.7 Å². The van der Waals surface area contributed by atoms with Gasteiger partial charge in [-0.2, -0.15) is 0 Å². The molecule has 0 aromatic carbocycles. The molecule has 0 aliphatic carbocycles. The van der Waals surface area contributed by atoms with Crippen LogP contribution in [0.2, 0.25) is 0 Å². The second-order valence-corrected chi connectivity index (χ2v) is 4.56. The summed E-state index contributed by atoms with van der Waals surface area (Å²) in [5.74, 6) is -1.01. The first kappa shape index (κ1) is 11.1. The van der Waals surface area contributed by atoms with Crippen molar-refractivity contribution in [2.45, 2.75) is 25.7 Å². The maximum absolute atomic E-state index is 10.6. The van der Waals surface area contributed by atoms with Gasteiger partial charge in [0.05, 0.1) is 5.01 Å². The van der Waals surface area contributed by atoms with E-state index in [2.05, 4.69) is 4.98 Å². The first-order chi connectivity index (χ1) is 6.47. The maximum Gasteiger partial charge on any atom is 0.355 e. The zero-order chi connectivity index (χ0) is 10.8. The van der Waals surface area contributed by atoms with Crippen LogP contribution < -0.4 is 0 Å². The van der Waals surface area contributed by atoms with Crippen LogP contribution in [0.4, 0.5) is 0 Å². The van der Waals surface area contributed by atoms with Crippen molar-refractivity contribution in [3.8, 4) is 0 Å². The van der Waals surface area contributed by atoms with Gasteiger partial charge in [0, 0.05) is 17.4 Å². The average molecular weight is 215 g/mol. The SMILES string of the molecule is CC(C)(CCO)c1nc(C(=O)O)cs1. The van der Waals surface area contributed by atoms with Crippen LogP contribution in [0.1, 0.15) is 35.8 Å². The van der Waals surface area contributed by atoms with Gasteiger partial charge in [-0.15, -0.1) is 11.3 Å². The van der Waals surface area contributed by atoms with Gasteiger partial charge in [-0.1, -0.05) is 13.8 Å². The molecule has 0 saturated carbocycles. The Morgan fingerprint density at radius 3 is 2.71 bits per heavy atom. The lowest BCUT2D eigenvalue weighted by atomic mass is 9.91. The monoisotopic (exact) mass is 215 g/mol. The van der Waals surface area contributed by atoms with Crippen molar-refractivity contribution < 1.29 is 15.0 Å². The number of hydrogen-bond acceptors (Lipinski definition) is 4. The Hall–Kier alpha value is -0.940. The standard InChI is InChI=1S/C9H13NO3S/c1-9(2,3-4-11)8-10-6(5-14-8)7(12)13/h5,11H,3-4H2,1-2H3,(H,12,13). The van der Waals surface area contributed by atoms with E-state index in [1.807, 2.05) is 13.8 Å². The number of aromatic carboxylic acids is 1. The summed E-state index contributed by atoms with van der Waals surface area (Å²) in [5.41, 5.74) is -0.177. The van der Waals surface area contributed by atoms with Crippen LogP contribution in [-0.2, 0) is 5.41 Å². The first-order valence-electron chi connectivity index (χ1n) is 4.27. The normalized spacial score (nSPS) is 11.6. The molecule has 5 heteroatoms. The number of carbonyl (C=O) groups is 1. The third kappa shape index (κ3) is 2.30. The van der Waals surface area contributed by atoms with Crippen molar-refractivity contribution in [3.05, 3.63) is 16.1 Å². The summed E-state index contributed by atoms with van der Waals surface area (Å²) in [7, 11) is 0. The molecule has 14 heavy (non-hydrogen) atoms. The number of carboxylic acid groups (broad SMARTS) is 1. The van der Waals surface area contributed by atoms with E-state index in [9.17, 15) is 4.79 Å². The van der Waals surface area contributed by atoms with Crippen LogP contribution in [0.3, 0.4) is 0 Å². The van der Waals surface area contributed by atoms with Crippen LogP contribution in [0.15, 0.2) is 5.38 Å². The number of hydrogen-bond donors (Lipinski definition) is 2. The number of carboxylic acids is 1. The summed E-state index contributed by atoms with van der Waals surface area (Å²) in [6.45, 7) is 3.95. The fraction of sp³-hybridized carbons (Fsp3) is 0.556. The second-order valence-electron chi connectivity index (χ2n) is 3.70. The molecule has 0 unspecified atom stereocenters. The molecule has 0 spiro atoms. The number of rotatable bonds is 4. The summed E-state index contributed by atoms with van der Waals surface area (Å²) in [6.07, 6.45) is 0.583. The molecule has 2 N–H and O–H groups in total. The number of aromatic nitrogens is 1. The minimum Gasteiger partial charge on any atom is -0.476 e. The van der Waals surface area contributed by atoms with E-state index in [4.69, 9.17) is 10.2 Å². The minimum atomic E-state index is -1.01. The minimum absolute atomic E-state index is 0.0784. The maximum atomic E-state index is 10.6. The molecule has 1 aromatic heterocycles. The Morgan fingerprint density at radius 2 is 2.29 bits per heavy atom. The summed E-state index contributed by atoms with van der Waals surface area (Å²) in [6, 6.07) is 0. The summed E-state index contributed by atoms with van der Waals surface area (Å²) >= 11 is 1.32. The van der Waals surface area contributed by atoms with E-state index < -0.39 is 5.97 Å². The van der Waals surface area contributed by atoms with Gasteiger partial charge in [-0.05, 0) is 6.42 Å². The highest BCUT2D eigenvalue weighted by Crippen LogP contribution is 2.29. The molecule has 4 nitrogen and oxygen atoms in total. The molecule has 1 rings (SSSR count). The highest BCUT2D eigenvalue weighted by Gasteiger charge is 2.24. The Morgan fingerprint density at radius 1 is 1.64 bits per heavy atom. The summed E-state index contributed by atoms with van der Waals surface area (Å²) in [5, 5.41) is 19.8. The van der Waals surface area contributed by atoms with Crippen molar-refractivity contribution in [2.24, 2.45) is 0 Å². The van der Waals surface area contributed by atoms with Gasteiger partial charge in [0.15, 0.2) is 5.69 Å². The van der Waals surface area contributed by atoms with Crippen molar-refractivity contribution in [2.75, 3.05) is 6.61 Å². The number of nitrogens with zero attached hydrogens (tertiary/aromatic N) is 1. The number of thiazole rings is 1. The third-order valence-corrected chi connectivity index (χ3v) is 3.25. The lowest BCUT2D eigenvalue weighted by molar-refractivity contribution is 0.0691. The van der Waals surface area contributed by atoms with Crippen molar-refractivity contribution in [3.63, 3.8) is 0 Å². The highest BCUT2D eigenvalue weighted by atomic mass is 32.1. The van der Waals surface area contributed by atoms with Gasteiger partial charge in [0.25, 0.3) is 0 Å². The Labute approximate surface area is 86.2 Å². The van der Waals surface area contributed by atoms with Gasteiger partial charge in [0.1, 0.15) is 0 Å². The third-order valence-electron chi connectivity index (χ3n) is 2.04. The molecule has 0 aliphatic heterocycles. The van der Waals surface area contributed by atoms with Crippen LogP contribution >= 0.6 is 11.3 Å². The molecule has 0 amide bonds. The zero-order valence-electron chi connectivity index (χ0n) is 8.15. The largest absolute Gasteiger partial charge is 0.476 e. The molecule has 1 aromatic rings. The molecule has 0 fully saturated rings. The van der Waals surface area contributed by atoms with Gasteiger partial charge < -0.3 is 10.2 Å².